The van der Waals surface area contributed by atoms with Crippen LogP contribution in [0.15, 0.2) is 11.6 Å². The van der Waals surface area contributed by atoms with Gasteiger partial charge < -0.3 is 10.8 Å². The number of nitrogens with two attached hydrogens (primary N) is 1. The summed E-state index contributed by atoms with van der Waals surface area (Å²) in [6, 6.07) is 0. The largest absolute Gasteiger partial charge is 0.393 e. The molecule has 0 radical (unpaired) electrons. The number of aliphatic hydroxyl groups is 1. The standard InChI is InChI=1S/C24H41NO/c1-16(5-4-14-25)20-8-9-21-19-7-6-17-15-18(26)10-12-23(17,2)22(19)11-13-24(20,21)3/h6,16,18-22,26H,4-5,7-15,25H2,1-3H3/t16-,18+,19+,20-,21+,22+,23?,24-/m1/s1. The SMILES string of the molecule is C[C@H](CCCN)[C@H]1CC[C@H]2[C@@H]3CC=C4C[C@@H](O)CCC4(C)[C@H]3CC[C@]12C. The van der Waals surface area contributed by atoms with Crippen molar-refractivity contribution in [3.05, 3.63) is 11.6 Å². The number of aliphatic hydroxyl groups excluding tert-OH is 1. The molecule has 0 amide bonds. The number of hydrogen-bond donors (Lipinski definition) is 2. The van der Waals surface area contributed by atoms with Gasteiger partial charge >= 0.3 is 0 Å². The second kappa shape index (κ2) is 6.92. The summed E-state index contributed by atoms with van der Waals surface area (Å²) >= 11 is 0. The van der Waals surface area contributed by atoms with E-state index in [-0.39, 0.29) is 6.10 Å². The van der Waals surface area contributed by atoms with E-state index in [0.717, 1.165) is 49.0 Å². The maximum absolute atomic E-state index is 10.2. The first-order valence-corrected chi connectivity index (χ1v) is 11.5. The maximum Gasteiger partial charge on any atom is 0.0577 e. The molecule has 4 aliphatic rings. The molecular weight excluding hydrogens is 318 g/mol. The lowest BCUT2D eigenvalue weighted by atomic mass is 9.47. The molecule has 1 unspecified atom stereocenters. The summed E-state index contributed by atoms with van der Waals surface area (Å²) in [5.74, 6) is 4.43. The number of allylic oxidation sites excluding steroid dienone is 1. The van der Waals surface area contributed by atoms with E-state index in [9.17, 15) is 5.11 Å². The fourth-order valence-corrected chi connectivity index (χ4v) is 8.26. The maximum atomic E-state index is 10.2. The lowest BCUT2D eigenvalue weighted by Gasteiger charge is -2.58. The molecule has 0 bridgehead atoms. The van der Waals surface area contributed by atoms with E-state index in [4.69, 9.17) is 5.73 Å². The van der Waals surface area contributed by atoms with Crippen molar-refractivity contribution >= 4 is 0 Å². The van der Waals surface area contributed by atoms with E-state index in [0.29, 0.717) is 10.8 Å². The zero-order valence-electron chi connectivity index (χ0n) is 17.3. The normalized spacial score (nSPS) is 49.0. The van der Waals surface area contributed by atoms with Gasteiger partial charge in [0.25, 0.3) is 0 Å². The molecule has 0 aromatic heterocycles. The van der Waals surface area contributed by atoms with E-state index in [2.05, 4.69) is 26.8 Å². The smallest absolute Gasteiger partial charge is 0.0577 e. The highest BCUT2D eigenvalue weighted by Gasteiger charge is 2.58. The summed E-state index contributed by atoms with van der Waals surface area (Å²) in [5, 5.41) is 10.2. The van der Waals surface area contributed by atoms with Crippen molar-refractivity contribution in [2.75, 3.05) is 6.54 Å². The first kappa shape index (κ1) is 19.0. The summed E-state index contributed by atoms with van der Waals surface area (Å²) in [7, 11) is 0. The molecule has 3 N–H and O–H groups in total. The molecule has 0 saturated heterocycles. The van der Waals surface area contributed by atoms with Gasteiger partial charge in [-0.05, 0) is 111 Å². The Labute approximate surface area is 161 Å². The van der Waals surface area contributed by atoms with Crippen LogP contribution in [-0.2, 0) is 0 Å². The van der Waals surface area contributed by atoms with Gasteiger partial charge in [-0.3, -0.25) is 0 Å². The molecule has 8 atom stereocenters. The number of rotatable bonds is 4. The molecule has 0 aromatic rings. The molecule has 4 aliphatic carbocycles. The van der Waals surface area contributed by atoms with Gasteiger partial charge in [0.05, 0.1) is 6.10 Å². The second-order valence-electron chi connectivity index (χ2n) is 10.8. The topological polar surface area (TPSA) is 46.2 Å². The van der Waals surface area contributed by atoms with Crippen LogP contribution in [-0.4, -0.2) is 17.8 Å². The van der Waals surface area contributed by atoms with E-state index < -0.39 is 0 Å². The molecule has 0 spiro atoms. The van der Waals surface area contributed by atoms with Gasteiger partial charge in [-0.15, -0.1) is 0 Å². The van der Waals surface area contributed by atoms with Crippen LogP contribution in [0.2, 0.25) is 0 Å². The molecule has 0 aromatic carbocycles. The van der Waals surface area contributed by atoms with Crippen molar-refractivity contribution in [3.8, 4) is 0 Å². The zero-order chi connectivity index (χ0) is 18.5. The van der Waals surface area contributed by atoms with Gasteiger partial charge in [0.1, 0.15) is 0 Å². The first-order valence-electron chi connectivity index (χ1n) is 11.5. The highest BCUT2D eigenvalue weighted by Crippen LogP contribution is 2.67. The molecular formula is C24H41NO. The third-order valence-electron chi connectivity index (χ3n) is 9.70. The predicted molar refractivity (Wildman–Crippen MR) is 109 cm³/mol. The Bertz CT molecular complexity index is 556. The Morgan fingerprint density at radius 2 is 1.96 bits per heavy atom. The number of hydrogen-bond acceptors (Lipinski definition) is 2. The van der Waals surface area contributed by atoms with Gasteiger partial charge in [-0.2, -0.15) is 0 Å². The summed E-state index contributed by atoms with van der Waals surface area (Å²) in [4.78, 5) is 0. The molecule has 26 heavy (non-hydrogen) atoms. The Morgan fingerprint density at radius 1 is 1.15 bits per heavy atom. The molecule has 148 valence electrons. The van der Waals surface area contributed by atoms with E-state index in [1.54, 1.807) is 5.57 Å². The first-order chi connectivity index (χ1) is 12.4. The fraction of sp³-hybridized carbons (Fsp3) is 0.917. The van der Waals surface area contributed by atoms with Crippen LogP contribution >= 0.6 is 0 Å². The van der Waals surface area contributed by atoms with Crippen LogP contribution in [0.25, 0.3) is 0 Å². The highest BCUT2D eigenvalue weighted by molar-refractivity contribution is 5.25. The van der Waals surface area contributed by atoms with Gasteiger partial charge in [0.2, 0.25) is 0 Å². The lowest BCUT2D eigenvalue weighted by Crippen LogP contribution is -2.50. The van der Waals surface area contributed by atoms with E-state index >= 15 is 0 Å². The third kappa shape index (κ3) is 2.82. The fourth-order valence-electron chi connectivity index (χ4n) is 8.26. The van der Waals surface area contributed by atoms with Crippen LogP contribution in [0.3, 0.4) is 0 Å². The van der Waals surface area contributed by atoms with Crippen molar-refractivity contribution in [3.63, 3.8) is 0 Å². The third-order valence-corrected chi connectivity index (χ3v) is 9.70. The second-order valence-corrected chi connectivity index (χ2v) is 10.8. The van der Waals surface area contributed by atoms with Gasteiger partial charge in [-0.1, -0.05) is 32.4 Å². The quantitative estimate of drug-likeness (QED) is 0.669. The molecule has 2 heteroatoms. The van der Waals surface area contributed by atoms with Gasteiger partial charge in [-0.25, -0.2) is 0 Å². The van der Waals surface area contributed by atoms with Crippen LogP contribution in [0.5, 0.6) is 0 Å². The molecule has 0 aliphatic heterocycles. The molecule has 2 nitrogen and oxygen atoms in total. The van der Waals surface area contributed by atoms with Crippen molar-refractivity contribution in [2.45, 2.75) is 91.1 Å². The molecule has 0 heterocycles. The summed E-state index contributed by atoms with van der Waals surface area (Å²) in [6.45, 7) is 8.54. The Hall–Kier alpha value is -0.340. The Balaban J connectivity index is 1.56. The summed E-state index contributed by atoms with van der Waals surface area (Å²) in [6.07, 6.45) is 15.2. The predicted octanol–water partition coefficient (Wildman–Crippen LogP) is 5.30. The Morgan fingerprint density at radius 3 is 2.73 bits per heavy atom. The summed E-state index contributed by atoms with van der Waals surface area (Å²) in [5.41, 5.74) is 8.34. The van der Waals surface area contributed by atoms with E-state index in [1.807, 2.05) is 0 Å². The van der Waals surface area contributed by atoms with Crippen molar-refractivity contribution < 1.29 is 5.11 Å². The van der Waals surface area contributed by atoms with Gasteiger partial charge in [0.15, 0.2) is 0 Å². The average molecular weight is 360 g/mol. The van der Waals surface area contributed by atoms with Crippen molar-refractivity contribution in [1.82, 2.24) is 0 Å². The van der Waals surface area contributed by atoms with Crippen molar-refractivity contribution in [2.24, 2.45) is 46.2 Å². The van der Waals surface area contributed by atoms with Crippen LogP contribution < -0.4 is 5.73 Å². The minimum absolute atomic E-state index is 0.0843. The molecule has 3 saturated carbocycles. The molecule has 3 fully saturated rings. The van der Waals surface area contributed by atoms with Crippen LogP contribution in [0, 0.1) is 40.4 Å². The summed E-state index contributed by atoms with van der Waals surface area (Å²) < 4.78 is 0. The Kier molecular flexibility index (Phi) is 5.06. The number of fused-ring (bicyclic) bond motifs is 5. The highest BCUT2D eigenvalue weighted by atomic mass is 16.3. The van der Waals surface area contributed by atoms with Gasteiger partial charge in [0, 0.05) is 0 Å². The van der Waals surface area contributed by atoms with Crippen molar-refractivity contribution in [1.29, 1.82) is 0 Å². The van der Waals surface area contributed by atoms with Crippen LogP contribution in [0.4, 0.5) is 0 Å². The van der Waals surface area contributed by atoms with Crippen LogP contribution in [0.1, 0.15) is 85.0 Å². The monoisotopic (exact) mass is 359 g/mol. The minimum Gasteiger partial charge on any atom is -0.393 e. The lowest BCUT2D eigenvalue weighted by molar-refractivity contribution is -0.0572. The van der Waals surface area contributed by atoms with E-state index in [1.165, 1.54) is 51.4 Å². The average Bonchev–Trinajstić information content (AvgIpc) is 2.97. The molecule has 4 rings (SSSR count). The minimum atomic E-state index is -0.0843. The zero-order valence-corrected chi connectivity index (χ0v) is 17.3.